The van der Waals surface area contributed by atoms with Gasteiger partial charge >= 0.3 is 0 Å². The highest BCUT2D eigenvalue weighted by Gasteiger charge is 2.26. The van der Waals surface area contributed by atoms with Gasteiger partial charge in [-0.2, -0.15) is 0 Å². The number of likely N-dealkylation sites (tertiary alicyclic amines) is 1. The summed E-state index contributed by atoms with van der Waals surface area (Å²) in [5.41, 5.74) is 1.84. The Hall–Kier alpha value is -3.68. The summed E-state index contributed by atoms with van der Waals surface area (Å²) >= 11 is 0. The van der Waals surface area contributed by atoms with Gasteiger partial charge in [0.2, 0.25) is 11.7 Å². The first-order valence-electron chi connectivity index (χ1n) is 9.48. The lowest BCUT2D eigenvalue weighted by Crippen LogP contribution is -2.29. The molecule has 29 heavy (non-hydrogen) atoms. The third-order valence-electron chi connectivity index (χ3n) is 4.79. The maximum atomic E-state index is 12.9. The molecule has 148 valence electrons. The zero-order valence-electron chi connectivity index (χ0n) is 16.0. The fourth-order valence-electron chi connectivity index (χ4n) is 3.49. The lowest BCUT2D eigenvalue weighted by molar-refractivity contribution is -0.114. The Morgan fingerprint density at radius 3 is 2.41 bits per heavy atom. The molecule has 0 atom stereocenters. The van der Waals surface area contributed by atoms with Crippen LogP contribution in [0.25, 0.3) is 5.52 Å². The van der Waals surface area contributed by atoms with Gasteiger partial charge in [0.05, 0.1) is 5.52 Å². The lowest BCUT2D eigenvalue weighted by atomic mass is 10.2. The normalized spacial score (nSPS) is 13.5. The summed E-state index contributed by atoms with van der Waals surface area (Å²) in [6.45, 7) is 2.83. The Kier molecular flexibility index (Phi) is 4.99. The van der Waals surface area contributed by atoms with Crippen molar-refractivity contribution in [1.82, 2.24) is 14.3 Å². The van der Waals surface area contributed by atoms with E-state index in [0.29, 0.717) is 30.0 Å². The van der Waals surface area contributed by atoms with Gasteiger partial charge in [-0.15, -0.1) is 0 Å². The highest BCUT2D eigenvalue weighted by atomic mass is 16.2. The van der Waals surface area contributed by atoms with E-state index < -0.39 is 5.91 Å². The summed E-state index contributed by atoms with van der Waals surface area (Å²) in [4.78, 5) is 43.2. The van der Waals surface area contributed by atoms with Crippen LogP contribution in [0.15, 0.2) is 48.7 Å². The lowest BCUT2D eigenvalue weighted by Gasteiger charge is -2.13. The van der Waals surface area contributed by atoms with Gasteiger partial charge in [-0.3, -0.25) is 18.8 Å². The van der Waals surface area contributed by atoms with Crippen molar-refractivity contribution in [2.75, 3.05) is 23.7 Å². The second kappa shape index (κ2) is 7.75. The molecule has 1 aliphatic heterocycles. The number of hydrogen-bond donors (Lipinski definition) is 2. The van der Waals surface area contributed by atoms with Crippen LogP contribution in [0, 0.1) is 0 Å². The molecule has 0 unspecified atom stereocenters. The van der Waals surface area contributed by atoms with Gasteiger partial charge in [0, 0.05) is 37.6 Å². The number of amides is 3. The fraction of sp³-hybridized carbons (Fsp3) is 0.238. The van der Waals surface area contributed by atoms with Gasteiger partial charge < -0.3 is 15.5 Å². The molecule has 8 heteroatoms. The zero-order valence-corrected chi connectivity index (χ0v) is 16.0. The molecule has 0 spiro atoms. The molecule has 0 bridgehead atoms. The minimum absolute atomic E-state index is 0.171. The SMILES string of the molecule is CC(=O)Nc1cccc(NC(=O)c2nc(C(=O)N3CCCC3)n3ccccc23)c1. The highest BCUT2D eigenvalue weighted by Crippen LogP contribution is 2.20. The van der Waals surface area contributed by atoms with Crippen molar-refractivity contribution >= 4 is 34.6 Å². The number of imidazole rings is 1. The van der Waals surface area contributed by atoms with Crippen LogP contribution in [0.3, 0.4) is 0 Å². The third-order valence-corrected chi connectivity index (χ3v) is 4.79. The Morgan fingerprint density at radius 2 is 1.69 bits per heavy atom. The Bertz CT molecular complexity index is 1100. The van der Waals surface area contributed by atoms with E-state index in [0.717, 1.165) is 12.8 Å². The Labute approximate surface area is 167 Å². The molecular weight excluding hydrogens is 370 g/mol. The number of fused-ring (bicyclic) bond motifs is 1. The van der Waals surface area contributed by atoms with E-state index >= 15 is 0 Å². The Balaban J connectivity index is 1.64. The second-order valence-electron chi connectivity index (χ2n) is 6.96. The van der Waals surface area contributed by atoms with E-state index in [9.17, 15) is 14.4 Å². The minimum atomic E-state index is -0.422. The monoisotopic (exact) mass is 391 g/mol. The summed E-state index contributed by atoms with van der Waals surface area (Å²) in [6.07, 6.45) is 3.69. The highest BCUT2D eigenvalue weighted by molar-refractivity contribution is 6.09. The zero-order chi connectivity index (χ0) is 20.4. The topological polar surface area (TPSA) is 95.8 Å². The first-order chi connectivity index (χ1) is 14.0. The van der Waals surface area contributed by atoms with Crippen LogP contribution in [0.1, 0.15) is 40.9 Å². The van der Waals surface area contributed by atoms with Crippen molar-refractivity contribution in [1.29, 1.82) is 0 Å². The molecule has 3 heterocycles. The first-order valence-corrected chi connectivity index (χ1v) is 9.48. The fourth-order valence-corrected chi connectivity index (χ4v) is 3.49. The predicted molar refractivity (Wildman–Crippen MR) is 109 cm³/mol. The van der Waals surface area contributed by atoms with Gasteiger partial charge in [-0.1, -0.05) is 12.1 Å². The van der Waals surface area contributed by atoms with Gasteiger partial charge in [0.15, 0.2) is 5.69 Å². The van der Waals surface area contributed by atoms with E-state index in [1.165, 1.54) is 6.92 Å². The molecule has 1 fully saturated rings. The van der Waals surface area contributed by atoms with Crippen LogP contribution < -0.4 is 10.6 Å². The first kappa shape index (κ1) is 18.7. The third kappa shape index (κ3) is 3.82. The molecule has 0 saturated carbocycles. The molecule has 1 aliphatic rings. The smallest absolute Gasteiger partial charge is 0.290 e. The number of carbonyl (C=O) groups is 3. The van der Waals surface area contributed by atoms with Crippen LogP contribution >= 0.6 is 0 Å². The standard InChI is InChI=1S/C21H21N5O3/c1-14(27)22-15-7-6-8-16(13-15)23-20(28)18-17-9-2-3-12-26(17)19(24-18)21(29)25-10-4-5-11-25/h2-3,6-9,12-13H,4-5,10-11H2,1H3,(H,22,27)(H,23,28). The van der Waals surface area contributed by atoms with E-state index in [2.05, 4.69) is 15.6 Å². The van der Waals surface area contributed by atoms with Gasteiger partial charge in [0.25, 0.3) is 11.8 Å². The summed E-state index contributed by atoms with van der Waals surface area (Å²) in [5.74, 6) is -0.553. The number of nitrogens with one attached hydrogen (secondary N) is 2. The number of aromatic nitrogens is 2. The van der Waals surface area contributed by atoms with Crippen LogP contribution in [-0.4, -0.2) is 45.1 Å². The van der Waals surface area contributed by atoms with E-state index in [1.54, 1.807) is 58.0 Å². The maximum absolute atomic E-state index is 12.9. The van der Waals surface area contributed by atoms with Crippen LogP contribution in [-0.2, 0) is 4.79 Å². The Morgan fingerprint density at radius 1 is 0.966 bits per heavy atom. The quantitative estimate of drug-likeness (QED) is 0.715. The summed E-state index contributed by atoms with van der Waals surface area (Å²) < 4.78 is 1.66. The molecule has 3 aromatic rings. The number of carbonyl (C=O) groups excluding carboxylic acids is 3. The largest absolute Gasteiger partial charge is 0.336 e. The number of anilines is 2. The van der Waals surface area contributed by atoms with E-state index in [-0.39, 0.29) is 23.3 Å². The minimum Gasteiger partial charge on any atom is -0.336 e. The van der Waals surface area contributed by atoms with Crippen molar-refractivity contribution < 1.29 is 14.4 Å². The van der Waals surface area contributed by atoms with Crippen molar-refractivity contribution in [2.24, 2.45) is 0 Å². The average Bonchev–Trinajstić information content (AvgIpc) is 3.36. The molecule has 1 saturated heterocycles. The van der Waals surface area contributed by atoms with Crippen molar-refractivity contribution in [3.8, 4) is 0 Å². The van der Waals surface area contributed by atoms with Crippen molar-refractivity contribution in [3.05, 3.63) is 60.2 Å². The van der Waals surface area contributed by atoms with E-state index in [1.807, 2.05) is 0 Å². The average molecular weight is 391 g/mol. The number of pyridine rings is 1. The molecule has 4 rings (SSSR count). The molecule has 3 amide bonds. The van der Waals surface area contributed by atoms with Crippen molar-refractivity contribution in [2.45, 2.75) is 19.8 Å². The van der Waals surface area contributed by atoms with Crippen LogP contribution in [0.5, 0.6) is 0 Å². The van der Waals surface area contributed by atoms with Gasteiger partial charge in [-0.05, 0) is 43.2 Å². The van der Waals surface area contributed by atoms with Gasteiger partial charge in [0.1, 0.15) is 0 Å². The van der Waals surface area contributed by atoms with E-state index in [4.69, 9.17) is 0 Å². The number of nitrogens with zero attached hydrogens (tertiary/aromatic N) is 3. The molecule has 8 nitrogen and oxygen atoms in total. The maximum Gasteiger partial charge on any atom is 0.290 e. The summed E-state index contributed by atoms with van der Waals surface area (Å²) in [6, 6.07) is 12.2. The molecular formula is C21H21N5O3. The number of benzene rings is 1. The molecule has 2 N–H and O–H groups in total. The van der Waals surface area contributed by atoms with Crippen LogP contribution in [0.2, 0.25) is 0 Å². The van der Waals surface area contributed by atoms with Gasteiger partial charge in [-0.25, -0.2) is 4.98 Å². The predicted octanol–water partition coefficient (Wildman–Crippen LogP) is 2.78. The summed E-state index contributed by atoms with van der Waals surface area (Å²) in [7, 11) is 0. The molecule has 1 aromatic carbocycles. The van der Waals surface area contributed by atoms with Crippen LogP contribution in [0.4, 0.5) is 11.4 Å². The molecule has 2 aromatic heterocycles. The molecule has 0 radical (unpaired) electrons. The molecule has 0 aliphatic carbocycles. The second-order valence-corrected chi connectivity index (χ2v) is 6.96. The number of rotatable bonds is 4. The number of hydrogen-bond acceptors (Lipinski definition) is 4. The summed E-state index contributed by atoms with van der Waals surface area (Å²) in [5, 5.41) is 5.47. The van der Waals surface area contributed by atoms with Crippen molar-refractivity contribution in [3.63, 3.8) is 0 Å².